The molecular weight excluding hydrogens is 260 g/mol. The zero-order valence-electron chi connectivity index (χ0n) is 8.23. The van der Waals surface area contributed by atoms with Gasteiger partial charge in [-0.05, 0) is 0 Å². The predicted octanol–water partition coefficient (Wildman–Crippen LogP) is 1.17. The Bertz CT molecular complexity index is 247. The molecule has 102 valence electrons. The highest BCUT2D eigenvalue weighted by Crippen LogP contribution is 2.16. The van der Waals surface area contributed by atoms with Crippen molar-refractivity contribution in [2.24, 2.45) is 0 Å². The van der Waals surface area contributed by atoms with Crippen molar-refractivity contribution < 1.29 is 41.0 Å². The van der Waals surface area contributed by atoms with Gasteiger partial charge in [-0.1, -0.05) is 0 Å². The number of carbonyl (C=O) groups is 1. The van der Waals surface area contributed by atoms with Crippen LogP contribution in [0, 0.1) is 0 Å². The Kier molecular flexibility index (Phi) is 5.69. The lowest BCUT2D eigenvalue weighted by Gasteiger charge is -2.27. The van der Waals surface area contributed by atoms with Crippen molar-refractivity contribution in [1.29, 1.82) is 0 Å². The van der Waals surface area contributed by atoms with E-state index in [0.29, 0.717) is 13.1 Å². The average Bonchev–Trinajstić information content (AvgIpc) is 1.97. The van der Waals surface area contributed by atoms with Gasteiger partial charge in [0.05, 0.1) is 6.10 Å². The molecule has 4 nitrogen and oxygen atoms in total. The normalized spacial score (nSPS) is 16.8. The minimum absolute atomic E-state index is 0.235. The number of alkyl halides is 6. The molecular formula is C7H9F6NO3. The van der Waals surface area contributed by atoms with E-state index in [-0.39, 0.29) is 6.10 Å². The number of hydrogen-bond donors (Lipinski definition) is 2. The third-order valence-corrected chi connectivity index (χ3v) is 1.47. The molecule has 0 aromatic heterocycles. The lowest BCUT2D eigenvalue weighted by atomic mass is 10.2. The van der Waals surface area contributed by atoms with E-state index in [0.717, 1.165) is 0 Å². The van der Waals surface area contributed by atoms with Gasteiger partial charge in [-0.25, -0.2) is 4.79 Å². The number of nitrogens with one attached hydrogen (secondary N) is 1. The molecule has 0 atom stereocenters. The van der Waals surface area contributed by atoms with Gasteiger partial charge in [-0.2, -0.15) is 26.3 Å². The average molecular weight is 269 g/mol. The Morgan fingerprint density at radius 3 is 1.82 bits per heavy atom. The highest BCUT2D eigenvalue weighted by molar-refractivity contribution is 5.73. The smallest absolute Gasteiger partial charge is 0.475 e. The fraction of sp³-hybridized carbons (Fsp3) is 0.857. The molecule has 1 aliphatic heterocycles. The van der Waals surface area contributed by atoms with E-state index in [1.165, 1.54) is 0 Å². The number of ether oxygens (including phenoxy) is 1. The minimum atomic E-state index is -5.08. The van der Waals surface area contributed by atoms with Crippen molar-refractivity contribution in [2.45, 2.75) is 18.5 Å². The molecule has 1 fully saturated rings. The van der Waals surface area contributed by atoms with Gasteiger partial charge in [-0.3, -0.25) is 0 Å². The molecule has 0 unspecified atom stereocenters. The zero-order chi connectivity index (χ0) is 13.7. The Morgan fingerprint density at radius 1 is 1.24 bits per heavy atom. The molecule has 1 heterocycles. The van der Waals surface area contributed by atoms with E-state index in [1.54, 1.807) is 0 Å². The van der Waals surface area contributed by atoms with Crippen molar-refractivity contribution >= 4 is 5.97 Å². The summed E-state index contributed by atoms with van der Waals surface area (Å²) in [5, 5.41) is 9.93. The Hall–Kier alpha value is -1.03. The van der Waals surface area contributed by atoms with E-state index in [4.69, 9.17) is 9.90 Å². The summed E-state index contributed by atoms with van der Waals surface area (Å²) < 4.78 is 70.5. The first-order valence-electron chi connectivity index (χ1n) is 4.21. The number of halogens is 6. The number of carboxylic acids is 1. The van der Waals surface area contributed by atoms with Crippen LogP contribution in [0.15, 0.2) is 0 Å². The molecule has 0 aromatic carbocycles. The summed E-state index contributed by atoms with van der Waals surface area (Å²) in [5.41, 5.74) is 0. The van der Waals surface area contributed by atoms with Gasteiger partial charge in [0.15, 0.2) is 0 Å². The highest BCUT2D eigenvalue weighted by Gasteiger charge is 2.38. The van der Waals surface area contributed by atoms with E-state index < -0.39 is 24.9 Å². The predicted molar refractivity (Wildman–Crippen MR) is 42.4 cm³/mol. The topological polar surface area (TPSA) is 58.6 Å². The first-order chi connectivity index (χ1) is 7.52. The first-order valence-corrected chi connectivity index (χ1v) is 4.21. The van der Waals surface area contributed by atoms with Crippen LogP contribution in [0.2, 0.25) is 0 Å². The van der Waals surface area contributed by atoms with Crippen LogP contribution in [0.1, 0.15) is 0 Å². The molecule has 0 spiro atoms. The van der Waals surface area contributed by atoms with Crippen LogP contribution >= 0.6 is 0 Å². The van der Waals surface area contributed by atoms with Gasteiger partial charge in [0.2, 0.25) is 0 Å². The molecule has 1 aliphatic rings. The molecule has 2 N–H and O–H groups in total. The third kappa shape index (κ3) is 8.74. The summed E-state index contributed by atoms with van der Waals surface area (Å²) in [5.74, 6) is -2.76. The van der Waals surface area contributed by atoms with Gasteiger partial charge in [0, 0.05) is 13.1 Å². The van der Waals surface area contributed by atoms with Gasteiger partial charge < -0.3 is 15.2 Å². The van der Waals surface area contributed by atoms with Crippen molar-refractivity contribution in [3.05, 3.63) is 0 Å². The van der Waals surface area contributed by atoms with Gasteiger partial charge >= 0.3 is 18.3 Å². The summed E-state index contributed by atoms with van der Waals surface area (Å²) >= 11 is 0. The third-order valence-electron chi connectivity index (χ3n) is 1.47. The second-order valence-electron chi connectivity index (χ2n) is 3.01. The molecule has 0 aromatic rings. The number of carboxylic acid groups (broad SMARTS) is 1. The Labute approximate surface area is 91.5 Å². The molecule has 1 saturated heterocycles. The molecule has 0 aliphatic carbocycles. The largest absolute Gasteiger partial charge is 0.490 e. The van der Waals surface area contributed by atoms with Crippen LogP contribution in [-0.4, -0.2) is 49.2 Å². The summed E-state index contributed by atoms with van der Waals surface area (Å²) in [6.45, 7) is -0.0501. The van der Waals surface area contributed by atoms with Crippen molar-refractivity contribution in [2.75, 3.05) is 19.7 Å². The van der Waals surface area contributed by atoms with E-state index in [2.05, 4.69) is 10.1 Å². The molecule has 17 heavy (non-hydrogen) atoms. The number of aliphatic carboxylic acids is 1. The zero-order valence-corrected chi connectivity index (χ0v) is 8.23. The number of rotatable bonds is 2. The maximum absolute atomic E-state index is 11.4. The van der Waals surface area contributed by atoms with Crippen LogP contribution in [0.5, 0.6) is 0 Å². The molecule has 1 rings (SSSR count). The summed E-state index contributed by atoms with van der Waals surface area (Å²) in [4.78, 5) is 8.90. The monoisotopic (exact) mass is 269 g/mol. The maximum atomic E-state index is 11.4. The van der Waals surface area contributed by atoms with Crippen LogP contribution in [0.25, 0.3) is 0 Å². The van der Waals surface area contributed by atoms with Crippen LogP contribution in [-0.2, 0) is 9.53 Å². The molecule has 0 saturated carbocycles. The second-order valence-corrected chi connectivity index (χ2v) is 3.01. The van der Waals surface area contributed by atoms with Crippen molar-refractivity contribution in [3.63, 3.8) is 0 Å². The number of hydrogen-bond acceptors (Lipinski definition) is 3. The molecule has 0 radical (unpaired) electrons. The SMILES string of the molecule is FC(F)(F)COC1CNC1.O=C(O)C(F)(F)F. The maximum Gasteiger partial charge on any atom is 0.490 e. The molecule has 10 heteroatoms. The molecule has 0 amide bonds. The summed E-state index contributed by atoms with van der Waals surface area (Å²) in [6, 6.07) is 0. The van der Waals surface area contributed by atoms with Crippen LogP contribution in [0.3, 0.4) is 0 Å². The quantitative estimate of drug-likeness (QED) is 0.739. The fourth-order valence-electron chi connectivity index (χ4n) is 0.592. The lowest BCUT2D eigenvalue weighted by Crippen LogP contribution is -2.49. The first kappa shape index (κ1) is 16.0. The van der Waals surface area contributed by atoms with E-state index in [1.807, 2.05) is 0 Å². The summed E-state index contributed by atoms with van der Waals surface area (Å²) in [7, 11) is 0. The second kappa shape index (κ2) is 6.05. The van der Waals surface area contributed by atoms with Crippen LogP contribution in [0.4, 0.5) is 26.3 Å². The van der Waals surface area contributed by atoms with E-state index >= 15 is 0 Å². The molecule has 0 bridgehead atoms. The minimum Gasteiger partial charge on any atom is -0.475 e. The van der Waals surface area contributed by atoms with Gasteiger partial charge in [-0.15, -0.1) is 0 Å². The Morgan fingerprint density at radius 2 is 1.65 bits per heavy atom. The highest BCUT2D eigenvalue weighted by atomic mass is 19.4. The van der Waals surface area contributed by atoms with Crippen molar-refractivity contribution in [3.8, 4) is 0 Å². The van der Waals surface area contributed by atoms with E-state index in [9.17, 15) is 26.3 Å². The van der Waals surface area contributed by atoms with Gasteiger partial charge in [0.1, 0.15) is 6.61 Å². The lowest BCUT2D eigenvalue weighted by molar-refractivity contribution is -0.192. The fourth-order valence-corrected chi connectivity index (χ4v) is 0.592. The Balaban J connectivity index is 0.000000325. The standard InChI is InChI=1S/C5H8F3NO.C2HF3O2/c6-5(7,8)3-10-4-1-9-2-4;3-2(4,5)1(6)7/h4,9H,1-3H2;(H,6,7). The van der Waals surface area contributed by atoms with Crippen LogP contribution < -0.4 is 5.32 Å². The van der Waals surface area contributed by atoms with Crippen molar-refractivity contribution in [1.82, 2.24) is 5.32 Å². The summed E-state index contributed by atoms with van der Waals surface area (Å²) in [6.07, 6.45) is -9.50. The van der Waals surface area contributed by atoms with Gasteiger partial charge in [0.25, 0.3) is 0 Å².